The molecule has 1 aliphatic heterocycles. The van der Waals surface area contributed by atoms with Gasteiger partial charge < -0.3 is 5.32 Å². The molecule has 0 unspecified atom stereocenters. The molecule has 0 spiro atoms. The normalized spacial score (nSPS) is 13.9. The van der Waals surface area contributed by atoms with Gasteiger partial charge in [0.25, 0.3) is 0 Å². The Kier molecular flexibility index (Phi) is 1.39. The second-order valence-corrected chi connectivity index (χ2v) is 2.72. The number of rotatable bonds is 0. The number of aliphatic imine (C=N–C) groups is 1. The molecule has 1 heterocycles. The van der Waals surface area contributed by atoms with Gasteiger partial charge in [0.1, 0.15) is 0 Å². The summed E-state index contributed by atoms with van der Waals surface area (Å²) < 4.78 is 0. The van der Waals surface area contributed by atoms with Gasteiger partial charge in [0.2, 0.25) is 0 Å². The molecule has 0 radical (unpaired) electrons. The molecular weight excluding hydrogens is 136 g/mol. The highest BCUT2D eigenvalue weighted by molar-refractivity contribution is 5.81. The van der Waals surface area contributed by atoms with E-state index in [1.54, 1.807) is 6.34 Å². The lowest BCUT2D eigenvalue weighted by Crippen LogP contribution is -2.06. The predicted molar refractivity (Wildman–Crippen MR) is 47.0 cm³/mol. The Hall–Kier alpha value is -1.31. The van der Waals surface area contributed by atoms with Crippen LogP contribution in [0.25, 0.3) is 0 Å². The van der Waals surface area contributed by atoms with Crippen LogP contribution in [0.5, 0.6) is 0 Å². The minimum Gasteiger partial charge on any atom is -0.346 e. The van der Waals surface area contributed by atoms with Crippen molar-refractivity contribution in [1.82, 2.24) is 0 Å². The van der Waals surface area contributed by atoms with Gasteiger partial charge in [0, 0.05) is 5.69 Å². The number of hydrogen-bond acceptors (Lipinski definition) is 2. The topological polar surface area (TPSA) is 24.4 Å². The first-order valence-corrected chi connectivity index (χ1v) is 3.71. The molecule has 1 aromatic rings. The van der Waals surface area contributed by atoms with Crippen molar-refractivity contribution in [2.75, 3.05) is 5.32 Å². The van der Waals surface area contributed by atoms with Crippen LogP contribution in [0.2, 0.25) is 0 Å². The first-order chi connectivity index (χ1) is 5.38. The van der Waals surface area contributed by atoms with E-state index in [2.05, 4.69) is 35.4 Å². The third-order valence-corrected chi connectivity index (χ3v) is 1.92. The SMILES string of the molecule is Cc1cccc2c1NC=NC2. The highest BCUT2D eigenvalue weighted by atomic mass is 15.0. The zero-order valence-corrected chi connectivity index (χ0v) is 6.46. The van der Waals surface area contributed by atoms with Gasteiger partial charge in [-0.15, -0.1) is 0 Å². The average molecular weight is 146 g/mol. The molecule has 0 bridgehead atoms. The van der Waals surface area contributed by atoms with E-state index < -0.39 is 0 Å². The molecule has 0 fully saturated rings. The Labute approximate surface area is 66.0 Å². The number of hydrogen-bond donors (Lipinski definition) is 1. The van der Waals surface area contributed by atoms with Crippen molar-refractivity contribution in [3.63, 3.8) is 0 Å². The number of benzene rings is 1. The van der Waals surface area contributed by atoms with E-state index in [9.17, 15) is 0 Å². The fraction of sp³-hybridized carbons (Fsp3) is 0.222. The van der Waals surface area contributed by atoms with E-state index in [1.807, 2.05) is 0 Å². The minimum atomic E-state index is 0.810. The van der Waals surface area contributed by atoms with E-state index in [0.29, 0.717) is 0 Å². The minimum absolute atomic E-state index is 0.810. The number of anilines is 1. The van der Waals surface area contributed by atoms with Crippen LogP contribution in [0.1, 0.15) is 11.1 Å². The van der Waals surface area contributed by atoms with Crippen molar-refractivity contribution < 1.29 is 0 Å². The van der Waals surface area contributed by atoms with Crippen molar-refractivity contribution in [3.05, 3.63) is 29.3 Å². The number of nitrogens with zero attached hydrogens (tertiary/aromatic N) is 1. The van der Waals surface area contributed by atoms with Gasteiger partial charge in [-0.2, -0.15) is 0 Å². The number of aryl methyl sites for hydroxylation is 1. The molecule has 1 aliphatic rings. The lowest BCUT2D eigenvalue weighted by molar-refractivity contribution is 1.05. The maximum absolute atomic E-state index is 4.12. The summed E-state index contributed by atoms with van der Waals surface area (Å²) in [7, 11) is 0. The van der Waals surface area contributed by atoms with Crippen LogP contribution in [0.3, 0.4) is 0 Å². The van der Waals surface area contributed by atoms with E-state index in [-0.39, 0.29) is 0 Å². The van der Waals surface area contributed by atoms with E-state index in [1.165, 1.54) is 16.8 Å². The lowest BCUT2D eigenvalue weighted by atomic mass is 10.1. The van der Waals surface area contributed by atoms with Crippen LogP contribution >= 0.6 is 0 Å². The van der Waals surface area contributed by atoms with Crippen molar-refractivity contribution in [1.29, 1.82) is 0 Å². The second kappa shape index (κ2) is 2.38. The summed E-state index contributed by atoms with van der Waals surface area (Å²) >= 11 is 0. The number of para-hydroxylation sites is 1. The summed E-state index contributed by atoms with van der Waals surface area (Å²) in [6.07, 6.45) is 1.76. The molecule has 2 rings (SSSR count). The molecule has 0 aliphatic carbocycles. The van der Waals surface area contributed by atoms with Crippen LogP contribution in [-0.4, -0.2) is 6.34 Å². The zero-order chi connectivity index (χ0) is 7.68. The van der Waals surface area contributed by atoms with E-state index in [4.69, 9.17) is 0 Å². The Bertz CT molecular complexity index is 302. The molecule has 11 heavy (non-hydrogen) atoms. The average Bonchev–Trinajstić information content (AvgIpc) is 2.06. The van der Waals surface area contributed by atoms with Gasteiger partial charge in [-0.25, -0.2) is 0 Å². The molecule has 2 nitrogen and oxygen atoms in total. The van der Waals surface area contributed by atoms with Crippen LogP contribution in [0.15, 0.2) is 23.2 Å². The largest absolute Gasteiger partial charge is 0.346 e. The third-order valence-electron chi connectivity index (χ3n) is 1.92. The summed E-state index contributed by atoms with van der Waals surface area (Å²) in [6, 6.07) is 6.27. The predicted octanol–water partition coefficient (Wildman–Crippen LogP) is 1.95. The van der Waals surface area contributed by atoms with Crippen LogP contribution in [0, 0.1) is 6.92 Å². The summed E-state index contributed by atoms with van der Waals surface area (Å²) in [5.74, 6) is 0. The van der Waals surface area contributed by atoms with Crippen LogP contribution < -0.4 is 5.32 Å². The molecule has 1 aromatic carbocycles. The summed E-state index contributed by atoms with van der Waals surface area (Å²) in [5, 5.41) is 3.14. The molecule has 0 saturated carbocycles. The quantitative estimate of drug-likeness (QED) is 0.594. The molecule has 0 atom stereocenters. The molecular formula is C9H10N2. The maximum Gasteiger partial charge on any atom is 0.0872 e. The van der Waals surface area contributed by atoms with Gasteiger partial charge >= 0.3 is 0 Å². The molecule has 0 saturated heterocycles. The molecule has 2 heteroatoms. The van der Waals surface area contributed by atoms with Crippen LogP contribution in [0.4, 0.5) is 5.69 Å². The Morgan fingerprint density at radius 1 is 1.45 bits per heavy atom. The number of nitrogens with one attached hydrogen (secondary N) is 1. The fourth-order valence-electron chi connectivity index (χ4n) is 1.32. The van der Waals surface area contributed by atoms with E-state index >= 15 is 0 Å². The van der Waals surface area contributed by atoms with Gasteiger partial charge in [-0.05, 0) is 18.1 Å². The molecule has 0 aromatic heterocycles. The van der Waals surface area contributed by atoms with Crippen LogP contribution in [-0.2, 0) is 6.54 Å². The van der Waals surface area contributed by atoms with Crippen molar-refractivity contribution in [2.45, 2.75) is 13.5 Å². The van der Waals surface area contributed by atoms with Gasteiger partial charge in [0.15, 0.2) is 0 Å². The van der Waals surface area contributed by atoms with Crippen molar-refractivity contribution in [3.8, 4) is 0 Å². The molecule has 0 amide bonds. The van der Waals surface area contributed by atoms with E-state index in [0.717, 1.165) is 6.54 Å². The highest BCUT2D eigenvalue weighted by Crippen LogP contribution is 2.22. The first kappa shape index (κ1) is 6.40. The van der Waals surface area contributed by atoms with Gasteiger partial charge in [0.05, 0.1) is 12.9 Å². The smallest absolute Gasteiger partial charge is 0.0872 e. The zero-order valence-electron chi connectivity index (χ0n) is 6.46. The van der Waals surface area contributed by atoms with Crippen molar-refractivity contribution in [2.24, 2.45) is 4.99 Å². The van der Waals surface area contributed by atoms with Gasteiger partial charge in [-0.3, -0.25) is 4.99 Å². The first-order valence-electron chi connectivity index (χ1n) is 3.71. The third kappa shape index (κ3) is 1.00. The summed E-state index contributed by atoms with van der Waals surface area (Å²) in [4.78, 5) is 4.12. The van der Waals surface area contributed by atoms with Gasteiger partial charge in [-0.1, -0.05) is 18.2 Å². The lowest BCUT2D eigenvalue weighted by Gasteiger charge is -2.13. The Morgan fingerprint density at radius 2 is 2.36 bits per heavy atom. The Morgan fingerprint density at radius 3 is 3.18 bits per heavy atom. The molecule has 1 N–H and O–H groups in total. The standard InChI is InChI=1S/C9H10N2/c1-7-3-2-4-8-5-10-6-11-9(7)8/h2-4,6H,5H2,1H3,(H,10,11). The summed E-state index contributed by atoms with van der Waals surface area (Å²) in [6.45, 7) is 2.91. The maximum atomic E-state index is 4.12. The monoisotopic (exact) mass is 146 g/mol. The number of fused-ring (bicyclic) bond motifs is 1. The Balaban J connectivity index is 2.54. The second-order valence-electron chi connectivity index (χ2n) is 2.72. The van der Waals surface area contributed by atoms with Crippen molar-refractivity contribution >= 4 is 12.0 Å². The summed E-state index contributed by atoms with van der Waals surface area (Å²) in [5.41, 5.74) is 3.80. The highest BCUT2D eigenvalue weighted by Gasteiger charge is 2.05. The molecule has 56 valence electrons. The fourth-order valence-corrected chi connectivity index (χ4v) is 1.32.